The fourth-order valence-electron chi connectivity index (χ4n) is 1.40. The van der Waals surface area contributed by atoms with Crippen molar-refractivity contribution >= 4 is 12.4 Å². The quantitative estimate of drug-likeness (QED) is 0.793. The molecule has 0 aromatic heterocycles. The lowest BCUT2D eigenvalue weighted by Crippen LogP contribution is -2.07. The van der Waals surface area contributed by atoms with E-state index in [0.29, 0.717) is 5.92 Å². The number of hydrogen-bond acceptors (Lipinski definition) is 1. The Morgan fingerprint density at radius 3 is 2.38 bits per heavy atom. The Bertz CT molecular complexity index is 211. The van der Waals surface area contributed by atoms with Crippen LogP contribution in [0.15, 0.2) is 30.3 Å². The van der Waals surface area contributed by atoms with E-state index in [0.717, 1.165) is 19.4 Å². The third-order valence-electron chi connectivity index (χ3n) is 2.09. The highest BCUT2D eigenvalue weighted by Crippen LogP contribution is 2.10. The third-order valence-corrected chi connectivity index (χ3v) is 2.09. The predicted octanol–water partition coefficient (Wildman–Crippen LogP) is 2.64. The van der Waals surface area contributed by atoms with Gasteiger partial charge in [-0.2, -0.15) is 0 Å². The van der Waals surface area contributed by atoms with Crippen LogP contribution in [0.25, 0.3) is 0 Å². The van der Waals surface area contributed by atoms with Gasteiger partial charge in [0.05, 0.1) is 0 Å². The Hall–Kier alpha value is -0.530. The van der Waals surface area contributed by atoms with E-state index in [-0.39, 0.29) is 12.4 Å². The summed E-state index contributed by atoms with van der Waals surface area (Å²) in [5, 5.41) is 0. The van der Waals surface area contributed by atoms with Crippen LogP contribution in [-0.4, -0.2) is 6.54 Å². The van der Waals surface area contributed by atoms with Gasteiger partial charge in [0, 0.05) is 0 Å². The highest BCUT2D eigenvalue weighted by molar-refractivity contribution is 5.85. The minimum absolute atomic E-state index is 0. The lowest BCUT2D eigenvalue weighted by molar-refractivity contribution is 0.538. The first kappa shape index (κ1) is 12.5. The predicted molar refractivity (Wildman–Crippen MR) is 60.2 cm³/mol. The Morgan fingerprint density at radius 1 is 1.23 bits per heavy atom. The molecular formula is C11H18ClN. The molecule has 0 heterocycles. The number of rotatable bonds is 4. The van der Waals surface area contributed by atoms with Crippen molar-refractivity contribution in [2.24, 2.45) is 11.7 Å². The first-order valence-corrected chi connectivity index (χ1v) is 4.57. The van der Waals surface area contributed by atoms with Gasteiger partial charge in [-0.1, -0.05) is 37.3 Å². The zero-order chi connectivity index (χ0) is 8.81. The molecule has 2 heteroatoms. The number of nitrogens with two attached hydrogens (primary N) is 1. The zero-order valence-corrected chi connectivity index (χ0v) is 8.89. The fraction of sp³-hybridized carbons (Fsp3) is 0.455. The summed E-state index contributed by atoms with van der Waals surface area (Å²) in [5.41, 5.74) is 6.90. The molecule has 0 radical (unpaired) electrons. The van der Waals surface area contributed by atoms with Gasteiger partial charge >= 0.3 is 0 Å². The summed E-state index contributed by atoms with van der Waals surface area (Å²) in [6, 6.07) is 10.6. The van der Waals surface area contributed by atoms with E-state index in [2.05, 4.69) is 37.3 Å². The van der Waals surface area contributed by atoms with Gasteiger partial charge in [0.15, 0.2) is 0 Å². The van der Waals surface area contributed by atoms with Crippen molar-refractivity contribution in [3.63, 3.8) is 0 Å². The van der Waals surface area contributed by atoms with Gasteiger partial charge < -0.3 is 5.73 Å². The van der Waals surface area contributed by atoms with Crippen LogP contribution < -0.4 is 5.73 Å². The van der Waals surface area contributed by atoms with Gasteiger partial charge in [-0.3, -0.25) is 0 Å². The van der Waals surface area contributed by atoms with Crippen LogP contribution in [-0.2, 0) is 6.42 Å². The zero-order valence-electron chi connectivity index (χ0n) is 8.07. The molecule has 0 amide bonds. The number of halogens is 1. The first-order valence-electron chi connectivity index (χ1n) is 4.57. The van der Waals surface area contributed by atoms with Gasteiger partial charge in [-0.05, 0) is 30.9 Å². The lowest BCUT2D eigenvalue weighted by atomic mass is 9.98. The molecule has 0 aliphatic carbocycles. The maximum absolute atomic E-state index is 5.48. The smallest absolute Gasteiger partial charge is 0.00746 e. The van der Waals surface area contributed by atoms with Crippen LogP contribution in [0.5, 0.6) is 0 Å². The Labute approximate surface area is 86.7 Å². The van der Waals surface area contributed by atoms with Crippen LogP contribution in [0.3, 0.4) is 0 Å². The minimum atomic E-state index is 0. The van der Waals surface area contributed by atoms with E-state index in [4.69, 9.17) is 5.73 Å². The highest BCUT2D eigenvalue weighted by atomic mass is 35.5. The summed E-state index contributed by atoms with van der Waals surface area (Å²) in [6.07, 6.45) is 2.27. The summed E-state index contributed by atoms with van der Waals surface area (Å²) < 4.78 is 0. The molecule has 0 aliphatic rings. The fourth-order valence-corrected chi connectivity index (χ4v) is 1.40. The van der Waals surface area contributed by atoms with Crippen molar-refractivity contribution in [3.05, 3.63) is 35.9 Å². The summed E-state index contributed by atoms with van der Waals surface area (Å²) in [4.78, 5) is 0. The van der Waals surface area contributed by atoms with E-state index in [1.807, 2.05) is 0 Å². The van der Waals surface area contributed by atoms with Crippen LogP contribution in [0.2, 0.25) is 0 Å². The molecule has 0 bridgehead atoms. The van der Waals surface area contributed by atoms with E-state index in [1.54, 1.807) is 0 Å². The molecule has 1 atom stereocenters. The molecule has 2 N–H and O–H groups in total. The van der Waals surface area contributed by atoms with Crippen molar-refractivity contribution in [3.8, 4) is 0 Å². The summed E-state index contributed by atoms with van der Waals surface area (Å²) >= 11 is 0. The van der Waals surface area contributed by atoms with E-state index >= 15 is 0 Å². The molecule has 1 aromatic carbocycles. The topological polar surface area (TPSA) is 26.0 Å². The molecule has 0 saturated carbocycles. The van der Waals surface area contributed by atoms with Crippen molar-refractivity contribution in [1.29, 1.82) is 0 Å². The summed E-state index contributed by atoms with van der Waals surface area (Å²) in [6.45, 7) is 3.05. The Balaban J connectivity index is 0.00000144. The monoisotopic (exact) mass is 199 g/mol. The molecule has 0 spiro atoms. The molecule has 1 nitrogen and oxygen atoms in total. The van der Waals surface area contributed by atoms with E-state index in [1.165, 1.54) is 5.56 Å². The van der Waals surface area contributed by atoms with Crippen LogP contribution >= 0.6 is 12.4 Å². The third kappa shape index (κ3) is 4.91. The van der Waals surface area contributed by atoms with Crippen molar-refractivity contribution in [2.75, 3.05) is 6.54 Å². The SMILES string of the molecule is CC(CCN)Cc1ccccc1.Cl. The van der Waals surface area contributed by atoms with Crippen molar-refractivity contribution in [2.45, 2.75) is 19.8 Å². The second kappa shape index (κ2) is 6.93. The maximum atomic E-state index is 5.48. The molecular weight excluding hydrogens is 182 g/mol. The average molecular weight is 200 g/mol. The standard InChI is InChI=1S/C11H17N.ClH/c1-10(7-8-12)9-11-5-3-2-4-6-11;/h2-6,10H,7-9,12H2,1H3;1H. The van der Waals surface area contributed by atoms with Gasteiger partial charge in [0.2, 0.25) is 0 Å². The largest absolute Gasteiger partial charge is 0.330 e. The van der Waals surface area contributed by atoms with Crippen molar-refractivity contribution in [1.82, 2.24) is 0 Å². The average Bonchev–Trinajstić information content (AvgIpc) is 2.06. The minimum Gasteiger partial charge on any atom is -0.330 e. The van der Waals surface area contributed by atoms with Gasteiger partial charge in [-0.25, -0.2) is 0 Å². The summed E-state index contributed by atoms with van der Waals surface area (Å²) in [5.74, 6) is 0.706. The van der Waals surface area contributed by atoms with E-state index in [9.17, 15) is 0 Å². The van der Waals surface area contributed by atoms with Crippen LogP contribution in [0, 0.1) is 5.92 Å². The molecule has 0 fully saturated rings. The molecule has 1 rings (SSSR count). The van der Waals surface area contributed by atoms with E-state index < -0.39 is 0 Å². The van der Waals surface area contributed by atoms with Gasteiger partial charge in [-0.15, -0.1) is 12.4 Å². The lowest BCUT2D eigenvalue weighted by Gasteiger charge is -2.08. The van der Waals surface area contributed by atoms with Gasteiger partial charge in [0.25, 0.3) is 0 Å². The normalized spacial score (nSPS) is 11.8. The molecule has 0 aliphatic heterocycles. The van der Waals surface area contributed by atoms with Crippen LogP contribution in [0.4, 0.5) is 0 Å². The number of benzene rings is 1. The first-order chi connectivity index (χ1) is 5.83. The second-order valence-electron chi connectivity index (χ2n) is 3.37. The van der Waals surface area contributed by atoms with Crippen LogP contribution in [0.1, 0.15) is 18.9 Å². The van der Waals surface area contributed by atoms with Crippen molar-refractivity contribution < 1.29 is 0 Å². The highest BCUT2D eigenvalue weighted by Gasteiger charge is 2.00. The molecule has 1 aromatic rings. The summed E-state index contributed by atoms with van der Waals surface area (Å²) in [7, 11) is 0. The Kier molecular flexibility index (Phi) is 6.65. The molecule has 13 heavy (non-hydrogen) atoms. The molecule has 0 saturated heterocycles. The van der Waals surface area contributed by atoms with Gasteiger partial charge in [0.1, 0.15) is 0 Å². The molecule has 74 valence electrons. The maximum Gasteiger partial charge on any atom is -0.00746 e. The Morgan fingerprint density at radius 2 is 1.85 bits per heavy atom. The molecule has 1 unspecified atom stereocenters. The second-order valence-corrected chi connectivity index (χ2v) is 3.37. The number of hydrogen-bond donors (Lipinski definition) is 1.